The molecule has 22 nitrogen and oxygen atoms in total. The minimum absolute atomic E-state index is 0.143. The van der Waals surface area contributed by atoms with Crippen LogP contribution in [-0.4, -0.2) is 177 Å². The standard InChI is InChI=1S/C53H70F2N2O14.2C6H6O3S/c1-56(17-13-35-27-41(60-3)43(62-5)29-37(35)39(56)21-33-23-45(64-7)51(68-11)46(24-33)65-8)19-15-49(58)70-31-53(54,55)32-71-50(59)16-20-57(2)18-14-36-28-42(61-4)44(63-6)30-38(36)40(57)22-34-25-47(66-9)52(69-12)48(26-34)67-10;2*7-10(8,9)6-4-2-1-3-5-6/h23-30,39-40H,13-22,31-32H2,1-12H3;2*1-5H,(H,7,8,9)/q+2;;/p-2/t39-,40-,56?,57?;;/m1../s1. The number of hydrogen-bond donors (Lipinski definition) is 0. The SMILES string of the molecule is COc1cc2c(cc1OC)[C@@H](Cc1cc(OC)c(OC)c(OC)c1)[N+](C)(CCC(=O)OCC(F)(F)COC(=O)CC[N+]1(C)CCc3cc(OC)c(OC)cc3[C@H]1Cc1cc(OC)c(OC)c(OC)c1)CC2.O=S(=O)([O-])c1ccccc1.O=S(=O)([O-])c1ccccc1. The number of alkyl halides is 2. The molecule has 496 valence electrons. The van der Waals surface area contributed by atoms with Crippen molar-refractivity contribution in [1.82, 2.24) is 0 Å². The van der Waals surface area contributed by atoms with Crippen LogP contribution in [0.3, 0.4) is 0 Å². The van der Waals surface area contributed by atoms with Crippen molar-refractivity contribution in [2.24, 2.45) is 0 Å². The van der Waals surface area contributed by atoms with E-state index in [1.165, 1.54) is 48.5 Å². The number of carbonyl (C=O) groups is 2. The predicted octanol–water partition coefficient (Wildman–Crippen LogP) is 8.73. The zero-order valence-electron chi connectivity index (χ0n) is 53.2. The minimum Gasteiger partial charge on any atom is -0.744 e. The number of methoxy groups -OCH3 is 10. The van der Waals surface area contributed by atoms with E-state index in [1.54, 1.807) is 83.2 Å². The quantitative estimate of drug-likeness (QED) is 0.0279. The normalized spacial score (nSPS) is 17.5. The molecule has 4 atom stereocenters. The Morgan fingerprint density at radius 3 is 1.02 bits per heavy atom. The highest BCUT2D eigenvalue weighted by molar-refractivity contribution is 7.86. The Hall–Kier alpha value is -8.14. The topological polar surface area (TPSA) is 259 Å². The van der Waals surface area contributed by atoms with E-state index < -0.39 is 51.3 Å². The van der Waals surface area contributed by atoms with Crippen LogP contribution in [-0.2, 0) is 65.0 Å². The minimum atomic E-state index is -4.25. The van der Waals surface area contributed by atoms with Crippen molar-refractivity contribution in [1.29, 1.82) is 0 Å². The van der Waals surface area contributed by atoms with Gasteiger partial charge >= 0.3 is 17.9 Å². The Morgan fingerprint density at radius 1 is 0.462 bits per heavy atom. The first kappa shape index (κ1) is 71.9. The molecule has 0 amide bonds. The van der Waals surface area contributed by atoms with E-state index in [-0.39, 0.29) is 47.8 Å². The van der Waals surface area contributed by atoms with Gasteiger partial charge in [0.2, 0.25) is 11.5 Å². The number of esters is 2. The van der Waals surface area contributed by atoms with Gasteiger partial charge in [0.1, 0.15) is 32.3 Å². The third-order valence-electron chi connectivity index (χ3n) is 16.2. The van der Waals surface area contributed by atoms with Crippen LogP contribution in [0.1, 0.15) is 58.3 Å². The summed E-state index contributed by atoms with van der Waals surface area (Å²) >= 11 is 0. The molecule has 0 saturated carbocycles. The fraction of sp³-hybridized carbons (Fsp3) is 0.415. The van der Waals surface area contributed by atoms with Gasteiger partial charge in [-0.2, -0.15) is 8.78 Å². The summed E-state index contributed by atoms with van der Waals surface area (Å²) in [5.74, 6) is 0.0220. The molecule has 2 aliphatic rings. The second kappa shape index (κ2) is 31.7. The fourth-order valence-corrected chi connectivity index (χ4v) is 12.2. The van der Waals surface area contributed by atoms with E-state index >= 15 is 8.78 Å². The van der Waals surface area contributed by atoms with E-state index in [9.17, 15) is 35.5 Å². The summed E-state index contributed by atoms with van der Waals surface area (Å²) in [7, 11) is 11.2. The van der Waals surface area contributed by atoms with Gasteiger partial charge in [-0.1, -0.05) is 36.4 Å². The number of halogens is 2. The Kier molecular flexibility index (Phi) is 25.1. The zero-order chi connectivity index (χ0) is 66.9. The van der Waals surface area contributed by atoms with Crippen molar-refractivity contribution in [2.75, 3.05) is 125 Å². The van der Waals surface area contributed by atoms with Gasteiger partial charge in [0.05, 0.1) is 134 Å². The van der Waals surface area contributed by atoms with E-state index in [2.05, 4.69) is 0 Å². The van der Waals surface area contributed by atoms with Gasteiger partial charge in [0.25, 0.3) is 0 Å². The number of carbonyl (C=O) groups excluding carboxylic acids is 2. The van der Waals surface area contributed by atoms with Gasteiger partial charge in [-0.15, -0.1) is 0 Å². The molecule has 2 heterocycles. The summed E-state index contributed by atoms with van der Waals surface area (Å²) < 4.78 is 160. The molecular weight excluding hydrogens is 1230 g/mol. The number of rotatable bonds is 26. The molecule has 0 bridgehead atoms. The Labute approximate surface area is 531 Å². The van der Waals surface area contributed by atoms with Crippen LogP contribution in [0.5, 0.6) is 57.5 Å². The number of likely N-dealkylation sites (N-methyl/N-ethyl adjacent to an activating group) is 2. The molecular formula is C65H80F2N2O20S2. The molecule has 2 unspecified atom stereocenters. The molecule has 0 spiro atoms. The number of hydrogen-bond acceptors (Lipinski definition) is 20. The Morgan fingerprint density at radius 2 is 0.758 bits per heavy atom. The van der Waals surface area contributed by atoms with E-state index in [0.29, 0.717) is 105 Å². The summed E-state index contributed by atoms with van der Waals surface area (Å²) in [6, 6.07) is 29.4. The average Bonchev–Trinajstić information content (AvgIpc) is 0.804. The van der Waals surface area contributed by atoms with Crippen LogP contribution in [0.4, 0.5) is 8.78 Å². The molecule has 0 radical (unpaired) electrons. The van der Waals surface area contributed by atoms with Crippen molar-refractivity contribution < 1.29 is 110 Å². The molecule has 0 aliphatic carbocycles. The van der Waals surface area contributed by atoms with Crippen LogP contribution in [0, 0.1) is 0 Å². The molecule has 26 heteroatoms. The lowest BCUT2D eigenvalue weighted by atomic mass is 9.86. The maximum atomic E-state index is 15.4. The van der Waals surface area contributed by atoms with Gasteiger partial charge in [-0.05, 0) is 95.1 Å². The highest BCUT2D eigenvalue weighted by Crippen LogP contribution is 2.47. The largest absolute Gasteiger partial charge is 0.744 e. The van der Waals surface area contributed by atoms with Gasteiger partial charge in [0, 0.05) is 36.8 Å². The van der Waals surface area contributed by atoms with Gasteiger partial charge in [-0.25, -0.2) is 16.8 Å². The first-order valence-electron chi connectivity index (χ1n) is 28.6. The fourth-order valence-electron chi connectivity index (χ4n) is 11.2. The highest BCUT2D eigenvalue weighted by atomic mass is 32.2. The third kappa shape index (κ3) is 18.5. The molecule has 0 fully saturated rings. The molecule has 0 aromatic heterocycles. The first-order chi connectivity index (χ1) is 43.2. The molecule has 6 aromatic rings. The number of quaternary nitrogens is 2. The Balaban J connectivity index is 0.000000555. The number of ether oxygens (including phenoxy) is 12. The van der Waals surface area contributed by atoms with E-state index in [1.807, 2.05) is 62.6 Å². The average molecular weight is 1310 g/mol. The van der Waals surface area contributed by atoms with Crippen molar-refractivity contribution in [3.8, 4) is 57.5 Å². The third-order valence-corrected chi connectivity index (χ3v) is 17.9. The van der Waals surface area contributed by atoms with Gasteiger partial charge < -0.3 is 74.9 Å². The van der Waals surface area contributed by atoms with Gasteiger partial charge in [0.15, 0.2) is 59.2 Å². The molecule has 6 aromatic carbocycles. The summed E-state index contributed by atoms with van der Waals surface area (Å²) in [4.78, 5) is 26.2. The maximum Gasteiger partial charge on any atom is 0.314 e. The first-order valence-corrected chi connectivity index (χ1v) is 31.5. The summed E-state index contributed by atoms with van der Waals surface area (Å²) in [5, 5.41) is 0. The summed E-state index contributed by atoms with van der Waals surface area (Å²) in [6.07, 6.45) is 2.04. The van der Waals surface area contributed by atoms with Gasteiger partial charge in [-0.3, -0.25) is 9.59 Å². The number of fused-ring (bicyclic) bond motifs is 2. The van der Waals surface area contributed by atoms with E-state index in [4.69, 9.17) is 56.8 Å². The molecule has 2 aliphatic heterocycles. The van der Waals surface area contributed by atoms with Crippen LogP contribution < -0.4 is 47.4 Å². The molecule has 8 rings (SSSR count). The van der Waals surface area contributed by atoms with Crippen molar-refractivity contribution >= 4 is 32.2 Å². The summed E-state index contributed by atoms with van der Waals surface area (Å²) in [6.45, 7) is -0.657. The van der Waals surface area contributed by atoms with Crippen molar-refractivity contribution in [3.63, 3.8) is 0 Å². The van der Waals surface area contributed by atoms with Crippen LogP contribution in [0.15, 0.2) is 119 Å². The molecule has 0 saturated heterocycles. The maximum absolute atomic E-state index is 15.4. The van der Waals surface area contributed by atoms with Crippen LogP contribution in [0.2, 0.25) is 0 Å². The molecule has 0 N–H and O–H groups in total. The van der Waals surface area contributed by atoms with Crippen molar-refractivity contribution in [3.05, 3.63) is 143 Å². The summed E-state index contributed by atoms with van der Waals surface area (Å²) in [5.41, 5.74) is 5.93. The monoisotopic (exact) mass is 1310 g/mol. The highest BCUT2D eigenvalue weighted by Gasteiger charge is 2.43. The van der Waals surface area contributed by atoms with E-state index in [0.717, 1.165) is 33.4 Å². The lowest BCUT2D eigenvalue weighted by Gasteiger charge is -2.46. The lowest BCUT2D eigenvalue weighted by molar-refractivity contribution is -0.940. The van der Waals surface area contributed by atoms with Crippen molar-refractivity contribution in [2.45, 2.75) is 66.3 Å². The number of nitrogens with zero attached hydrogens (tertiary/aromatic N) is 2. The predicted molar refractivity (Wildman–Crippen MR) is 328 cm³/mol. The second-order valence-electron chi connectivity index (χ2n) is 21.9. The lowest BCUT2D eigenvalue weighted by Crippen LogP contribution is -2.53. The molecule has 91 heavy (non-hydrogen) atoms. The Bertz CT molecular complexity index is 3390. The van der Waals surface area contributed by atoms with Crippen LogP contribution >= 0.6 is 0 Å². The zero-order valence-corrected chi connectivity index (χ0v) is 54.8. The smallest absolute Gasteiger partial charge is 0.314 e. The number of benzene rings is 6. The second-order valence-corrected chi connectivity index (χ2v) is 24.6. The van der Waals surface area contributed by atoms with Crippen LogP contribution in [0.25, 0.3) is 0 Å².